The van der Waals surface area contributed by atoms with Crippen LogP contribution in [0.3, 0.4) is 0 Å². The maximum Gasteiger partial charge on any atom is 0.123 e. The van der Waals surface area contributed by atoms with Gasteiger partial charge >= 0.3 is 0 Å². The molecule has 2 heterocycles. The van der Waals surface area contributed by atoms with Gasteiger partial charge in [0.2, 0.25) is 0 Å². The molecule has 2 fully saturated rings. The molecule has 2 aliphatic rings. The van der Waals surface area contributed by atoms with E-state index in [9.17, 15) is 4.39 Å². The zero-order valence-electron chi connectivity index (χ0n) is 14.1. The SMILES string of the molecule is C=C1N(c2ccc(C)cc2)C(c2ccc(F)cc2)C12CCNCC2. The van der Waals surface area contributed by atoms with Crippen LogP contribution in [0.4, 0.5) is 10.1 Å². The van der Waals surface area contributed by atoms with E-state index in [1.54, 1.807) is 12.1 Å². The average Bonchev–Trinajstić information content (AvgIpc) is 2.62. The van der Waals surface area contributed by atoms with Gasteiger partial charge in [0.1, 0.15) is 5.82 Å². The number of nitrogens with one attached hydrogen (secondary N) is 1. The maximum absolute atomic E-state index is 13.4. The summed E-state index contributed by atoms with van der Waals surface area (Å²) in [6.45, 7) is 8.56. The third-order valence-electron chi connectivity index (χ3n) is 5.64. The van der Waals surface area contributed by atoms with Gasteiger partial charge in [-0.25, -0.2) is 4.39 Å². The number of benzene rings is 2. The summed E-state index contributed by atoms with van der Waals surface area (Å²) in [5.74, 6) is -0.182. The van der Waals surface area contributed by atoms with Crippen LogP contribution in [0.15, 0.2) is 60.8 Å². The molecule has 1 spiro atoms. The fourth-order valence-electron chi connectivity index (χ4n) is 4.29. The Morgan fingerprint density at radius 1 is 1.04 bits per heavy atom. The van der Waals surface area contributed by atoms with Crippen molar-refractivity contribution in [3.63, 3.8) is 0 Å². The van der Waals surface area contributed by atoms with E-state index in [-0.39, 0.29) is 17.3 Å². The Morgan fingerprint density at radius 3 is 2.29 bits per heavy atom. The minimum atomic E-state index is -0.182. The van der Waals surface area contributed by atoms with Gasteiger partial charge in [0, 0.05) is 16.8 Å². The summed E-state index contributed by atoms with van der Waals surface area (Å²) in [6, 6.07) is 15.8. The smallest absolute Gasteiger partial charge is 0.123 e. The van der Waals surface area contributed by atoms with Crippen LogP contribution in [0.5, 0.6) is 0 Å². The Labute approximate surface area is 143 Å². The Kier molecular flexibility index (Phi) is 3.69. The number of anilines is 1. The van der Waals surface area contributed by atoms with Crippen LogP contribution in [0.25, 0.3) is 0 Å². The summed E-state index contributed by atoms with van der Waals surface area (Å²) in [5, 5.41) is 3.45. The summed E-state index contributed by atoms with van der Waals surface area (Å²) in [6.07, 6.45) is 2.16. The van der Waals surface area contributed by atoms with Crippen molar-refractivity contribution in [3.05, 3.63) is 77.8 Å². The van der Waals surface area contributed by atoms with Crippen LogP contribution in [0.2, 0.25) is 0 Å². The van der Waals surface area contributed by atoms with Gasteiger partial charge in [0.15, 0.2) is 0 Å². The van der Waals surface area contributed by atoms with E-state index in [0.29, 0.717) is 0 Å². The summed E-state index contributed by atoms with van der Waals surface area (Å²) >= 11 is 0. The van der Waals surface area contributed by atoms with E-state index in [1.165, 1.54) is 22.5 Å². The topological polar surface area (TPSA) is 15.3 Å². The standard InChI is InChI=1S/C21H23FN2/c1-15-3-9-19(10-4-15)24-16(2)21(11-13-23-14-12-21)20(24)17-5-7-18(22)8-6-17/h3-10,20,23H,2,11-14H2,1H3. The Hall–Kier alpha value is -2.13. The summed E-state index contributed by atoms with van der Waals surface area (Å²) < 4.78 is 13.4. The van der Waals surface area contributed by atoms with Crippen LogP contribution in [-0.4, -0.2) is 13.1 Å². The lowest BCUT2D eigenvalue weighted by molar-refractivity contribution is 0.134. The van der Waals surface area contributed by atoms with Crippen molar-refractivity contribution < 1.29 is 4.39 Å². The van der Waals surface area contributed by atoms with Crippen molar-refractivity contribution >= 4 is 5.69 Å². The van der Waals surface area contributed by atoms with Crippen LogP contribution >= 0.6 is 0 Å². The lowest BCUT2D eigenvalue weighted by Gasteiger charge is -2.62. The van der Waals surface area contributed by atoms with Crippen molar-refractivity contribution in [1.82, 2.24) is 5.32 Å². The first-order valence-electron chi connectivity index (χ1n) is 8.63. The molecule has 0 radical (unpaired) electrons. The molecule has 1 atom stereocenters. The zero-order valence-corrected chi connectivity index (χ0v) is 14.1. The average molecular weight is 322 g/mol. The number of nitrogens with zero attached hydrogens (tertiary/aromatic N) is 1. The van der Waals surface area contributed by atoms with Gasteiger partial charge in [0.05, 0.1) is 6.04 Å². The predicted molar refractivity (Wildman–Crippen MR) is 96.5 cm³/mol. The van der Waals surface area contributed by atoms with Crippen molar-refractivity contribution in [1.29, 1.82) is 0 Å². The molecule has 0 aliphatic carbocycles. The highest BCUT2D eigenvalue weighted by molar-refractivity contribution is 5.63. The Balaban J connectivity index is 1.76. The molecule has 0 aromatic heterocycles. The molecule has 24 heavy (non-hydrogen) atoms. The first-order valence-corrected chi connectivity index (χ1v) is 8.63. The van der Waals surface area contributed by atoms with Crippen molar-refractivity contribution in [2.24, 2.45) is 5.41 Å². The van der Waals surface area contributed by atoms with Crippen LogP contribution in [0, 0.1) is 18.2 Å². The Morgan fingerprint density at radius 2 is 1.67 bits per heavy atom. The fourth-order valence-corrected chi connectivity index (χ4v) is 4.29. The molecule has 2 aromatic rings. The van der Waals surface area contributed by atoms with E-state index in [2.05, 4.69) is 48.0 Å². The van der Waals surface area contributed by atoms with E-state index in [0.717, 1.165) is 25.9 Å². The van der Waals surface area contributed by atoms with Gasteiger partial charge in [-0.05, 0) is 62.7 Å². The third-order valence-corrected chi connectivity index (χ3v) is 5.64. The highest BCUT2D eigenvalue weighted by Crippen LogP contribution is 2.61. The second-order valence-electron chi connectivity index (χ2n) is 7.01. The largest absolute Gasteiger partial charge is 0.337 e. The Bertz CT molecular complexity index is 742. The summed E-state index contributed by atoms with van der Waals surface area (Å²) in [4.78, 5) is 2.33. The third kappa shape index (κ3) is 2.27. The van der Waals surface area contributed by atoms with E-state index in [4.69, 9.17) is 0 Å². The maximum atomic E-state index is 13.4. The molecule has 4 rings (SSSR count). The molecular formula is C21H23FN2. The van der Waals surface area contributed by atoms with Crippen molar-refractivity contribution in [3.8, 4) is 0 Å². The van der Waals surface area contributed by atoms with Gasteiger partial charge in [-0.1, -0.05) is 36.4 Å². The first kappa shape index (κ1) is 15.4. The molecule has 2 nitrogen and oxygen atoms in total. The number of aryl methyl sites for hydroxylation is 1. The minimum Gasteiger partial charge on any atom is -0.337 e. The zero-order chi connectivity index (χ0) is 16.7. The molecule has 3 heteroatoms. The van der Waals surface area contributed by atoms with Gasteiger partial charge in [-0.15, -0.1) is 0 Å². The molecule has 2 aliphatic heterocycles. The normalized spacial score (nSPS) is 22.5. The van der Waals surface area contributed by atoms with Gasteiger partial charge in [0.25, 0.3) is 0 Å². The number of hydrogen-bond acceptors (Lipinski definition) is 2. The number of piperidine rings is 1. The van der Waals surface area contributed by atoms with Crippen LogP contribution in [-0.2, 0) is 0 Å². The second-order valence-corrected chi connectivity index (χ2v) is 7.01. The highest BCUT2D eigenvalue weighted by atomic mass is 19.1. The molecule has 1 unspecified atom stereocenters. The van der Waals surface area contributed by atoms with Crippen LogP contribution in [0.1, 0.15) is 30.0 Å². The van der Waals surface area contributed by atoms with Gasteiger partial charge in [-0.2, -0.15) is 0 Å². The predicted octanol–water partition coefficient (Wildman–Crippen LogP) is 4.58. The monoisotopic (exact) mass is 322 g/mol. The first-order chi connectivity index (χ1) is 11.6. The number of rotatable bonds is 2. The molecule has 124 valence electrons. The van der Waals surface area contributed by atoms with Crippen molar-refractivity contribution in [2.45, 2.75) is 25.8 Å². The molecule has 2 saturated heterocycles. The van der Waals surface area contributed by atoms with Gasteiger partial charge < -0.3 is 10.2 Å². The van der Waals surface area contributed by atoms with Crippen LogP contribution < -0.4 is 10.2 Å². The van der Waals surface area contributed by atoms with E-state index >= 15 is 0 Å². The molecule has 2 aromatic carbocycles. The lowest BCUT2D eigenvalue weighted by atomic mass is 9.61. The quantitative estimate of drug-likeness (QED) is 0.870. The van der Waals surface area contributed by atoms with E-state index < -0.39 is 0 Å². The number of halogens is 1. The minimum absolute atomic E-state index is 0.0912. The highest BCUT2D eigenvalue weighted by Gasteiger charge is 2.56. The molecule has 0 bridgehead atoms. The molecule has 1 N–H and O–H groups in total. The summed E-state index contributed by atoms with van der Waals surface area (Å²) in [7, 11) is 0. The van der Waals surface area contributed by atoms with Crippen molar-refractivity contribution in [2.75, 3.05) is 18.0 Å². The fraction of sp³-hybridized carbons (Fsp3) is 0.333. The molecule has 0 saturated carbocycles. The molecule has 0 amide bonds. The van der Waals surface area contributed by atoms with E-state index in [1.807, 2.05) is 12.1 Å². The second kappa shape index (κ2) is 5.75. The lowest BCUT2D eigenvalue weighted by Crippen LogP contribution is -2.59. The number of hydrogen-bond donors (Lipinski definition) is 1. The molecular weight excluding hydrogens is 299 g/mol. The van der Waals surface area contributed by atoms with Gasteiger partial charge in [-0.3, -0.25) is 0 Å². The summed E-state index contributed by atoms with van der Waals surface area (Å²) in [5.41, 5.74) is 4.88.